The molecule has 1 aromatic carbocycles. The van der Waals surface area contributed by atoms with Crippen LogP contribution in [0.15, 0.2) is 24.3 Å². The number of rotatable bonds is 9. The topological polar surface area (TPSA) is 84.7 Å². The van der Waals surface area contributed by atoms with Gasteiger partial charge in [-0.25, -0.2) is 0 Å². The Labute approximate surface area is 143 Å². The van der Waals surface area contributed by atoms with Crippen LogP contribution in [-0.2, 0) is 9.59 Å². The highest BCUT2D eigenvalue weighted by Crippen LogP contribution is 2.25. The first kappa shape index (κ1) is 18.3. The minimum atomic E-state index is -0.177. The zero-order valence-electron chi connectivity index (χ0n) is 14.3. The molecule has 1 fully saturated rings. The average molecular weight is 333 g/mol. The van der Waals surface area contributed by atoms with E-state index in [0.717, 1.165) is 37.9 Å². The monoisotopic (exact) mass is 333 g/mol. The van der Waals surface area contributed by atoms with E-state index in [4.69, 9.17) is 10.5 Å². The standard InChI is InChI=1S/C18H27N3O3/c1-2-3-6-14(12-19)20-17(22)13-24-16-8-4-7-15(11-16)21-10-5-9-18(21)23/h4,7-8,11,14H,2-3,5-6,9-10,12-13,19H2,1H3,(H,20,22). The van der Waals surface area contributed by atoms with E-state index < -0.39 is 0 Å². The second-order valence-electron chi connectivity index (χ2n) is 6.08. The number of carbonyl (C=O) groups is 2. The zero-order chi connectivity index (χ0) is 17.4. The van der Waals surface area contributed by atoms with Crippen LogP contribution in [0.4, 0.5) is 5.69 Å². The van der Waals surface area contributed by atoms with Crippen LogP contribution in [0.25, 0.3) is 0 Å². The van der Waals surface area contributed by atoms with Crippen molar-refractivity contribution in [3.8, 4) is 5.75 Å². The molecular weight excluding hydrogens is 306 g/mol. The van der Waals surface area contributed by atoms with Crippen LogP contribution < -0.4 is 20.7 Å². The van der Waals surface area contributed by atoms with Gasteiger partial charge < -0.3 is 20.7 Å². The summed E-state index contributed by atoms with van der Waals surface area (Å²) < 4.78 is 5.56. The fourth-order valence-electron chi connectivity index (χ4n) is 2.78. The Morgan fingerprint density at radius 1 is 1.46 bits per heavy atom. The molecule has 0 bridgehead atoms. The van der Waals surface area contributed by atoms with Gasteiger partial charge in [-0.2, -0.15) is 0 Å². The summed E-state index contributed by atoms with van der Waals surface area (Å²) >= 11 is 0. The number of hydrogen-bond acceptors (Lipinski definition) is 4. The molecule has 0 aliphatic carbocycles. The molecule has 0 spiro atoms. The quantitative estimate of drug-likeness (QED) is 0.722. The van der Waals surface area contributed by atoms with Crippen LogP contribution in [-0.4, -0.2) is 37.6 Å². The lowest BCUT2D eigenvalue weighted by Gasteiger charge is -2.18. The Morgan fingerprint density at radius 3 is 2.96 bits per heavy atom. The first-order chi connectivity index (χ1) is 11.6. The molecule has 2 amide bonds. The molecule has 0 saturated carbocycles. The molecule has 1 unspecified atom stereocenters. The van der Waals surface area contributed by atoms with E-state index in [9.17, 15) is 9.59 Å². The Bertz CT molecular complexity index is 562. The molecule has 1 atom stereocenters. The molecule has 1 aliphatic rings. The first-order valence-electron chi connectivity index (χ1n) is 8.66. The van der Waals surface area contributed by atoms with Crippen molar-refractivity contribution in [3.05, 3.63) is 24.3 Å². The number of nitrogens with two attached hydrogens (primary N) is 1. The minimum Gasteiger partial charge on any atom is -0.484 e. The summed E-state index contributed by atoms with van der Waals surface area (Å²) in [6.07, 6.45) is 4.46. The van der Waals surface area contributed by atoms with E-state index in [1.165, 1.54) is 0 Å². The zero-order valence-corrected chi connectivity index (χ0v) is 14.3. The van der Waals surface area contributed by atoms with Gasteiger partial charge in [0.1, 0.15) is 5.75 Å². The number of carbonyl (C=O) groups excluding carboxylic acids is 2. The number of nitrogens with one attached hydrogen (secondary N) is 1. The maximum atomic E-state index is 12.0. The number of anilines is 1. The van der Waals surface area contributed by atoms with Crippen molar-refractivity contribution in [2.24, 2.45) is 5.73 Å². The summed E-state index contributed by atoms with van der Waals surface area (Å²) in [5.74, 6) is 0.538. The molecule has 3 N–H and O–H groups in total. The molecular formula is C18H27N3O3. The van der Waals surface area contributed by atoms with Crippen LogP contribution in [0.2, 0.25) is 0 Å². The number of amides is 2. The fraction of sp³-hybridized carbons (Fsp3) is 0.556. The van der Waals surface area contributed by atoms with Crippen molar-refractivity contribution >= 4 is 17.5 Å². The molecule has 24 heavy (non-hydrogen) atoms. The second-order valence-corrected chi connectivity index (χ2v) is 6.08. The number of ether oxygens (including phenoxy) is 1. The average Bonchev–Trinajstić information content (AvgIpc) is 3.03. The molecule has 6 heteroatoms. The van der Waals surface area contributed by atoms with Gasteiger partial charge >= 0.3 is 0 Å². The number of nitrogens with zero attached hydrogens (tertiary/aromatic N) is 1. The highest BCUT2D eigenvalue weighted by molar-refractivity contribution is 5.95. The summed E-state index contributed by atoms with van der Waals surface area (Å²) in [6.45, 7) is 3.22. The highest BCUT2D eigenvalue weighted by Gasteiger charge is 2.21. The van der Waals surface area contributed by atoms with Crippen LogP contribution in [0.1, 0.15) is 39.0 Å². The molecule has 0 radical (unpaired) electrons. The summed E-state index contributed by atoms with van der Waals surface area (Å²) in [7, 11) is 0. The van der Waals surface area contributed by atoms with Crippen molar-refractivity contribution in [2.45, 2.75) is 45.1 Å². The molecule has 1 aromatic rings. The number of benzene rings is 1. The van der Waals surface area contributed by atoms with Crippen LogP contribution >= 0.6 is 0 Å². The number of unbranched alkanes of at least 4 members (excludes halogenated alkanes) is 1. The lowest BCUT2D eigenvalue weighted by Crippen LogP contribution is -2.42. The predicted molar refractivity (Wildman–Crippen MR) is 94.0 cm³/mol. The SMILES string of the molecule is CCCCC(CN)NC(=O)COc1cccc(N2CCCC2=O)c1. The summed E-state index contributed by atoms with van der Waals surface area (Å²) in [5.41, 5.74) is 6.50. The van der Waals surface area contributed by atoms with Gasteiger partial charge in [-0.3, -0.25) is 9.59 Å². The third-order valence-electron chi connectivity index (χ3n) is 4.13. The Kier molecular flexibility index (Phi) is 7.06. The highest BCUT2D eigenvalue weighted by atomic mass is 16.5. The van der Waals surface area contributed by atoms with E-state index in [1.54, 1.807) is 17.0 Å². The van der Waals surface area contributed by atoms with Gasteiger partial charge in [0.15, 0.2) is 6.61 Å². The minimum absolute atomic E-state index is 0.00499. The van der Waals surface area contributed by atoms with Crippen molar-refractivity contribution in [1.82, 2.24) is 5.32 Å². The van der Waals surface area contributed by atoms with Crippen molar-refractivity contribution in [2.75, 3.05) is 24.6 Å². The third kappa shape index (κ3) is 5.23. The van der Waals surface area contributed by atoms with Gasteiger partial charge in [-0.15, -0.1) is 0 Å². The maximum Gasteiger partial charge on any atom is 0.258 e. The van der Waals surface area contributed by atoms with Crippen LogP contribution in [0.5, 0.6) is 5.75 Å². The van der Waals surface area contributed by atoms with E-state index in [2.05, 4.69) is 12.2 Å². The molecule has 1 heterocycles. The van der Waals surface area contributed by atoms with Gasteiger partial charge in [0, 0.05) is 37.3 Å². The molecule has 1 saturated heterocycles. The smallest absolute Gasteiger partial charge is 0.258 e. The summed E-state index contributed by atoms with van der Waals surface area (Å²) in [5, 5.41) is 2.90. The van der Waals surface area contributed by atoms with Crippen molar-refractivity contribution in [1.29, 1.82) is 0 Å². The van der Waals surface area contributed by atoms with E-state index >= 15 is 0 Å². The Morgan fingerprint density at radius 2 is 2.29 bits per heavy atom. The largest absolute Gasteiger partial charge is 0.484 e. The fourth-order valence-corrected chi connectivity index (χ4v) is 2.78. The van der Waals surface area contributed by atoms with E-state index in [0.29, 0.717) is 18.7 Å². The van der Waals surface area contributed by atoms with Gasteiger partial charge in [0.05, 0.1) is 0 Å². The van der Waals surface area contributed by atoms with E-state index in [-0.39, 0.29) is 24.5 Å². The molecule has 2 rings (SSSR count). The van der Waals surface area contributed by atoms with Crippen LogP contribution in [0.3, 0.4) is 0 Å². The lowest BCUT2D eigenvalue weighted by molar-refractivity contribution is -0.123. The Hall–Kier alpha value is -2.08. The van der Waals surface area contributed by atoms with Gasteiger partial charge in [0.2, 0.25) is 5.91 Å². The van der Waals surface area contributed by atoms with E-state index in [1.807, 2.05) is 12.1 Å². The molecule has 1 aliphatic heterocycles. The summed E-state index contributed by atoms with van der Waals surface area (Å²) in [6, 6.07) is 7.29. The molecule has 6 nitrogen and oxygen atoms in total. The van der Waals surface area contributed by atoms with Crippen LogP contribution in [0, 0.1) is 0 Å². The summed E-state index contributed by atoms with van der Waals surface area (Å²) in [4.78, 5) is 25.5. The van der Waals surface area contributed by atoms with Gasteiger partial charge in [-0.1, -0.05) is 25.8 Å². The van der Waals surface area contributed by atoms with Crippen molar-refractivity contribution < 1.29 is 14.3 Å². The maximum absolute atomic E-state index is 12.0. The number of hydrogen-bond donors (Lipinski definition) is 2. The second kappa shape index (κ2) is 9.27. The lowest BCUT2D eigenvalue weighted by atomic mass is 10.1. The predicted octanol–water partition coefficient (Wildman–Crippen LogP) is 1.83. The van der Waals surface area contributed by atoms with Crippen molar-refractivity contribution in [3.63, 3.8) is 0 Å². The molecule has 132 valence electrons. The normalized spacial score (nSPS) is 15.4. The third-order valence-corrected chi connectivity index (χ3v) is 4.13. The first-order valence-corrected chi connectivity index (χ1v) is 8.66. The van der Waals surface area contributed by atoms with Gasteiger partial charge in [0.25, 0.3) is 5.91 Å². The molecule has 0 aromatic heterocycles. The Balaban J connectivity index is 1.85. The van der Waals surface area contributed by atoms with Gasteiger partial charge in [-0.05, 0) is 25.0 Å².